The number of para-hydroxylation sites is 2. The molecule has 0 aliphatic carbocycles. The van der Waals surface area contributed by atoms with Crippen molar-refractivity contribution in [3.63, 3.8) is 0 Å². The standard InChI is InChI=1S/C19H24N2O3S/c1-23-16-7-2-3-8-17(16)24-12-10-20-19(22)14-21-11-4-6-15(21)18-9-5-13-25-18/h2-3,5,7-9,13,15H,4,6,10-12,14H2,1H3,(H,20,22)/p+1/t15-/m0/s1. The molecular formula is C19H25N2O3S+. The summed E-state index contributed by atoms with van der Waals surface area (Å²) < 4.78 is 10.9. The normalized spacial score (nSPS) is 19.6. The van der Waals surface area contributed by atoms with Crippen LogP contribution in [-0.2, 0) is 4.79 Å². The summed E-state index contributed by atoms with van der Waals surface area (Å²) in [5.74, 6) is 1.48. The topological polar surface area (TPSA) is 52.0 Å². The number of nitrogens with one attached hydrogen (secondary N) is 2. The van der Waals surface area contributed by atoms with Gasteiger partial charge >= 0.3 is 0 Å². The van der Waals surface area contributed by atoms with Gasteiger partial charge < -0.3 is 19.7 Å². The van der Waals surface area contributed by atoms with Gasteiger partial charge in [0, 0.05) is 12.8 Å². The van der Waals surface area contributed by atoms with Gasteiger partial charge in [-0.15, -0.1) is 11.3 Å². The molecule has 2 heterocycles. The molecular weight excluding hydrogens is 336 g/mol. The summed E-state index contributed by atoms with van der Waals surface area (Å²) >= 11 is 1.79. The van der Waals surface area contributed by atoms with Crippen LogP contribution in [0.3, 0.4) is 0 Å². The Bertz CT molecular complexity index is 675. The maximum atomic E-state index is 12.2. The summed E-state index contributed by atoms with van der Waals surface area (Å²) in [4.78, 5) is 15.0. The van der Waals surface area contributed by atoms with Gasteiger partial charge in [0.25, 0.3) is 5.91 Å². The minimum Gasteiger partial charge on any atom is -0.493 e. The Labute approximate surface area is 152 Å². The van der Waals surface area contributed by atoms with Crippen LogP contribution in [0.2, 0.25) is 0 Å². The molecule has 2 aromatic rings. The number of carbonyl (C=O) groups is 1. The predicted molar refractivity (Wildman–Crippen MR) is 98.5 cm³/mol. The Hall–Kier alpha value is -2.05. The lowest BCUT2D eigenvalue weighted by Crippen LogP contribution is -3.11. The summed E-state index contributed by atoms with van der Waals surface area (Å²) in [6.07, 6.45) is 2.35. The molecule has 1 aliphatic heterocycles. The molecule has 1 aromatic carbocycles. The van der Waals surface area contributed by atoms with Gasteiger partial charge in [-0.1, -0.05) is 18.2 Å². The molecule has 0 spiro atoms. The molecule has 1 saturated heterocycles. The summed E-state index contributed by atoms with van der Waals surface area (Å²) in [6, 6.07) is 12.3. The Morgan fingerprint density at radius 1 is 1.28 bits per heavy atom. The van der Waals surface area contributed by atoms with Gasteiger partial charge in [-0.25, -0.2) is 0 Å². The van der Waals surface area contributed by atoms with E-state index >= 15 is 0 Å². The number of thiophene rings is 1. The first-order valence-electron chi connectivity index (χ1n) is 8.68. The number of rotatable bonds is 8. The second-order valence-corrected chi connectivity index (χ2v) is 7.12. The van der Waals surface area contributed by atoms with Gasteiger partial charge in [0.05, 0.1) is 25.1 Å². The highest BCUT2D eigenvalue weighted by atomic mass is 32.1. The molecule has 1 unspecified atom stereocenters. The van der Waals surface area contributed by atoms with Gasteiger partial charge in [-0.3, -0.25) is 4.79 Å². The van der Waals surface area contributed by atoms with Gasteiger partial charge in [0.15, 0.2) is 18.0 Å². The lowest BCUT2D eigenvalue weighted by atomic mass is 10.2. The Kier molecular flexibility index (Phi) is 6.30. The van der Waals surface area contributed by atoms with Crippen molar-refractivity contribution in [2.45, 2.75) is 18.9 Å². The zero-order valence-electron chi connectivity index (χ0n) is 14.5. The maximum Gasteiger partial charge on any atom is 0.275 e. The van der Waals surface area contributed by atoms with E-state index in [4.69, 9.17) is 9.47 Å². The van der Waals surface area contributed by atoms with Crippen LogP contribution in [0.25, 0.3) is 0 Å². The molecule has 25 heavy (non-hydrogen) atoms. The Morgan fingerprint density at radius 2 is 2.12 bits per heavy atom. The lowest BCUT2D eigenvalue weighted by Gasteiger charge is -2.20. The number of benzene rings is 1. The molecule has 0 radical (unpaired) electrons. The van der Waals surface area contributed by atoms with Gasteiger partial charge in [-0.05, 0) is 23.6 Å². The fraction of sp³-hybridized carbons (Fsp3) is 0.421. The van der Waals surface area contributed by atoms with Crippen LogP contribution in [0.5, 0.6) is 11.5 Å². The molecule has 1 aliphatic rings. The summed E-state index contributed by atoms with van der Waals surface area (Å²) in [7, 11) is 1.62. The molecule has 3 rings (SSSR count). The molecule has 1 amide bonds. The maximum absolute atomic E-state index is 12.2. The summed E-state index contributed by atoms with van der Waals surface area (Å²) in [6.45, 7) is 2.51. The van der Waals surface area contributed by atoms with Crippen LogP contribution >= 0.6 is 11.3 Å². The third-order valence-electron chi connectivity index (χ3n) is 4.51. The number of ether oxygens (including phenoxy) is 2. The molecule has 2 N–H and O–H groups in total. The van der Waals surface area contributed by atoms with Crippen molar-refractivity contribution >= 4 is 17.2 Å². The van der Waals surface area contributed by atoms with E-state index in [1.54, 1.807) is 18.4 Å². The van der Waals surface area contributed by atoms with Crippen molar-refractivity contribution in [2.75, 3.05) is 33.4 Å². The number of quaternary nitrogens is 1. The lowest BCUT2D eigenvalue weighted by molar-refractivity contribution is -0.910. The summed E-state index contributed by atoms with van der Waals surface area (Å²) in [5.41, 5.74) is 0. The van der Waals surface area contributed by atoms with Crippen LogP contribution < -0.4 is 19.7 Å². The molecule has 6 heteroatoms. The van der Waals surface area contributed by atoms with E-state index < -0.39 is 0 Å². The van der Waals surface area contributed by atoms with Crippen molar-refractivity contribution in [3.8, 4) is 11.5 Å². The average molecular weight is 361 g/mol. The van der Waals surface area contributed by atoms with E-state index in [-0.39, 0.29) is 5.91 Å². The van der Waals surface area contributed by atoms with Gasteiger partial charge in [0.1, 0.15) is 12.6 Å². The number of hydrogen-bond acceptors (Lipinski definition) is 4. The minimum atomic E-state index is 0.0853. The van der Waals surface area contributed by atoms with E-state index in [2.05, 4.69) is 22.8 Å². The van der Waals surface area contributed by atoms with Crippen LogP contribution in [-0.4, -0.2) is 39.3 Å². The number of likely N-dealkylation sites (tertiary alicyclic amines) is 1. The van der Waals surface area contributed by atoms with E-state index in [1.807, 2.05) is 24.3 Å². The van der Waals surface area contributed by atoms with Crippen molar-refractivity contribution in [3.05, 3.63) is 46.7 Å². The Morgan fingerprint density at radius 3 is 2.88 bits per heavy atom. The van der Waals surface area contributed by atoms with Crippen LogP contribution in [0.1, 0.15) is 23.8 Å². The molecule has 0 bridgehead atoms. The van der Waals surface area contributed by atoms with Crippen LogP contribution in [0.15, 0.2) is 41.8 Å². The number of methoxy groups -OCH3 is 1. The highest BCUT2D eigenvalue weighted by Crippen LogP contribution is 2.25. The van der Waals surface area contributed by atoms with Crippen molar-refractivity contribution in [2.24, 2.45) is 0 Å². The van der Waals surface area contributed by atoms with Crippen LogP contribution in [0, 0.1) is 0 Å². The van der Waals surface area contributed by atoms with Crippen LogP contribution in [0.4, 0.5) is 0 Å². The average Bonchev–Trinajstić information content (AvgIpc) is 3.30. The molecule has 1 aromatic heterocycles. The molecule has 134 valence electrons. The smallest absolute Gasteiger partial charge is 0.275 e. The number of carbonyl (C=O) groups excluding carboxylic acids is 1. The number of hydrogen-bond donors (Lipinski definition) is 2. The van der Waals surface area contributed by atoms with Crippen molar-refractivity contribution in [1.82, 2.24) is 5.32 Å². The highest BCUT2D eigenvalue weighted by molar-refractivity contribution is 7.10. The van der Waals surface area contributed by atoms with Crippen molar-refractivity contribution < 1.29 is 19.2 Å². The zero-order valence-corrected chi connectivity index (χ0v) is 15.3. The predicted octanol–water partition coefficient (Wildman–Crippen LogP) is 1.67. The van der Waals surface area contributed by atoms with Crippen molar-refractivity contribution in [1.29, 1.82) is 0 Å². The van der Waals surface area contributed by atoms with Gasteiger partial charge in [0.2, 0.25) is 0 Å². The minimum absolute atomic E-state index is 0.0853. The van der Waals surface area contributed by atoms with E-state index in [0.29, 0.717) is 37.2 Å². The fourth-order valence-corrected chi connectivity index (χ4v) is 4.23. The van der Waals surface area contributed by atoms with E-state index in [9.17, 15) is 4.79 Å². The largest absolute Gasteiger partial charge is 0.493 e. The third-order valence-corrected chi connectivity index (χ3v) is 5.49. The summed E-state index contributed by atoms with van der Waals surface area (Å²) in [5, 5.41) is 5.07. The monoisotopic (exact) mass is 361 g/mol. The Balaban J connectivity index is 1.41. The zero-order chi connectivity index (χ0) is 17.5. The molecule has 5 nitrogen and oxygen atoms in total. The SMILES string of the molecule is COc1ccccc1OCCNC(=O)C[NH+]1CCC[C@H]1c1cccs1. The second-order valence-electron chi connectivity index (χ2n) is 6.14. The van der Waals surface area contributed by atoms with E-state index in [0.717, 1.165) is 6.54 Å². The first-order chi connectivity index (χ1) is 12.3. The third kappa shape index (κ3) is 4.74. The highest BCUT2D eigenvalue weighted by Gasteiger charge is 2.32. The van der Waals surface area contributed by atoms with Gasteiger partial charge in [-0.2, -0.15) is 0 Å². The first-order valence-corrected chi connectivity index (χ1v) is 9.56. The molecule has 2 atom stereocenters. The quantitative estimate of drug-likeness (QED) is 0.704. The molecule has 0 saturated carbocycles. The number of amides is 1. The molecule has 1 fully saturated rings. The fourth-order valence-electron chi connectivity index (χ4n) is 3.31. The van der Waals surface area contributed by atoms with E-state index in [1.165, 1.54) is 22.6 Å². The first kappa shape index (κ1) is 17.8. The second kappa shape index (κ2) is 8.87.